The number of benzene rings is 1. The fraction of sp³-hybridized carbons (Fsp3) is 0.625. The summed E-state index contributed by atoms with van der Waals surface area (Å²) in [5, 5.41) is 3.77. The molecule has 2 aliphatic rings. The molecule has 1 N–H and O–H groups in total. The molecule has 0 aliphatic heterocycles. The molecule has 1 aromatic carbocycles. The highest BCUT2D eigenvalue weighted by molar-refractivity contribution is 9.10. The van der Waals surface area contributed by atoms with E-state index in [4.69, 9.17) is 0 Å². The molecule has 0 aromatic heterocycles. The minimum Gasteiger partial charge on any atom is -0.382 e. The van der Waals surface area contributed by atoms with Gasteiger partial charge in [0.1, 0.15) is 0 Å². The Labute approximate surface area is 118 Å². The van der Waals surface area contributed by atoms with E-state index in [9.17, 15) is 0 Å². The molecule has 2 aliphatic carbocycles. The molecular weight excluding hydrogens is 286 g/mol. The van der Waals surface area contributed by atoms with Crippen molar-refractivity contribution in [2.75, 3.05) is 5.32 Å². The summed E-state index contributed by atoms with van der Waals surface area (Å²) in [5.74, 6) is 2.08. The smallest absolute Gasteiger partial charge is 0.0372 e. The van der Waals surface area contributed by atoms with Gasteiger partial charge >= 0.3 is 0 Å². The summed E-state index contributed by atoms with van der Waals surface area (Å²) in [6, 6.07) is 7.24. The molecule has 0 amide bonds. The maximum Gasteiger partial charge on any atom is 0.0372 e. The average molecular weight is 308 g/mol. The molecule has 1 aromatic rings. The lowest BCUT2D eigenvalue weighted by atomic mass is 9.82. The fourth-order valence-electron chi connectivity index (χ4n) is 3.36. The van der Waals surface area contributed by atoms with Crippen molar-refractivity contribution >= 4 is 21.6 Å². The molecule has 2 fully saturated rings. The van der Waals surface area contributed by atoms with E-state index >= 15 is 0 Å². The minimum atomic E-state index is 0.698. The molecule has 18 heavy (non-hydrogen) atoms. The second-order valence-electron chi connectivity index (χ2n) is 6.06. The standard InChI is InChI=1S/C16H22BrN/c1-11-9-14(17)7-8-16(11)18-15-4-2-3-13(10-15)12-5-6-12/h7-9,12-13,15,18H,2-6,10H2,1H3. The van der Waals surface area contributed by atoms with Crippen LogP contribution in [0.5, 0.6) is 0 Å². The minimum absolute atomic E-state index is 0.698. The van der Waals surface area contributed by atoms with E-state index in [1.54, 1.807) is 0 Å². The van der Waals surface area contributed by atoms with Crippen molar-refractivity contribution in [2.45, 2.75) is 51.5 Å². The molecule has 0 heterocycles. The normalized spacial score (nSPS) is 28.1. The number of halogens is 1. The van der Waals surface area contributed by atoms with Crippen LogP contribution in [0.15, 0.2) is 22.7 Å². The molecular formula is C16H22BrN. The van der Waals surface area contributed by atoms with Gasteiger partial charge in [-0.05, 0) is 68.2 Å². The van der Waals surface area contributed by atoms with Crippen molar-refractivity contribution < 1.29 is 0 Å². The number of rotatable bonds is 3. The first-order valence-corrected chi connectivity index (χ1v) is 8.04. The van der Waals surface area contributed by atoms with Crippen molar-refractivity contribution in [1.82, 2.24) is 0 Å². The first-order chi connectivity index (χ1) is 8.72. The van der Waals surface area contributed by atoms with Crippen molar-refractivity contribution in [3.05, 3.63) is 28.2 Å². The predicted molar refractivity (Wildman–Crippen MR) is 81.0 cm³/mol. The highest BCUT2D eigenvalue weighted by Gasteiger charge is 2.34. The second-order valence-corrected chi connectivity index (χ2v) is 6.98. The Balaban J connectivity index is 1.64. The number of hydrogen-bond acceptors (Lipinski definition) is 1. The number of aryl methyl sites for hydroxylation is 1. The van der Waals surface area contributed by atoms with Gasteiger partial charge < -0.3 is 5.32 Å². The lowest BCUT2D eigenvalue weighted by molar-refractivity contribution is 0.303. The van der Waals surface area contributed by atoms with Gasteiger partial charge in [-0.1, -0.05) is 28.8 Å². The Hall–Kier alpha value is -0.500. The van der Waals surface area contributed by atoms with Gasteiger partial charge in [-0.3, -0.25) is 0 Å². The first-order valence-electron chi connectivity index (χ1n) is 7.25. The molecule has 2 atom stereocenters. The number of hydrogen-bond donors (Lipinski definition) is 1. The van der Waals surface area contributed by atoms with Gasteiger partial charge in [0.15, 0.2) is 0 Å². The van der Waals surface area contributed by atoms with E-state index in [2.05, 4.69) is 46.4 Å². The van der Waals surface area contributed by atoms with Crippen LogP contribution in [-0.4, -0.2) is 6.04 Å². The monoisotopic (exact) mass is 307 g/mol. The largest absolute Gasteiger partial charge is 0.382 e. The van der Waals surface area contributed by atoms with E-state index in [0.717, 1.165) is 11.8 Å². The summed E-state index contributed by atoms with van der Waals surface area (Å²) >= 11 is 3.53. The molecule has 0 saturated heterocycles. The van der Waals surface area contributed by atoms with Crippen LogP contribution in [0.2, 0.25) is 0 Å². The van der Waals surface area contributed by atoms with E-state index in [1.807, 2.05) is 0 Å². The van der Waals surface area contributed by atoms with Crippen molar-refractivity contribution in [1.29, 1.82) is 0 Å². The van der Waals surface area contributed by atoms with E-state index in [-0.39, 0.29) is 0 Å². The fourth-order valence-corrected chi connectivity index (χ4v) is 3.84. The summed E-state index contributed by atoms with van der Waals surface area (Å²) in [6.07, 6.45) is 8.61. The van der Waals surface area contributed by atoms with Gasteiger partial charge in [-0.15, -0.1) is 0 Å². The molecule has 98 valence electrons. The van der Waals surface area contributed by atoms with Crippen LogP contribution in [0.4, 0.5) is 5.69 Å². The van der Waals surface area contributed by atoms with Crippen LogP contribution >= 0.6 is 15.9 Å². The number of anilines is 1. The Bertz CT molecular complexity index is 425. The predicted octanol–water partition coefficient (Wildman–Crippen LogP) is 5.14. The summed E-state index contributed by atoms with van der Waals surface area (Å²) in [4.78, 5) is 0. The topological polar surface area (TPSA) is 12.0 Å². The molecule has 1 nitrogen and oxygen atoms in total. The second kappa shape index (κ2) is 5.24. The highest BCUT2D eigenvalue weighted by atomic mass is 79.9. The molecule has 0 radical (unpaired) electrons. The van der Waals surface area contributed by atoms with Crippen LogP contribution < -0.4 is 5.32 Å². The molecule has 0 bridgehead atoms. The summed E-state index contributed by atoms with van der Waals surface area (Å²) in [7, 11) is 0. The van der Waals surface area contributed by atoms with Gasteiger partial charge in [0, 0.05) is 16.2 Å². The van der Waals surface area contributed by atoms with E-state index < -0.39 is 0 Å². The zero-order valence-corrected chi connectivity index (χ0v) is 12.7. The van der Waals surface area contributed by atoms with Gasteiger partial charge in [0.05, 0.1) is 0 Å². The third kappa shape index (κ3) is 2.90. The lowest BCUT2D eigenvalue weighted by Gasteiger charge is -2.31. The summed E-state index contributed by atoms with van der Waals surface area (Å²) < 4.78 is 1.17. The molecule has 2 heteroatoms. The average Bonchev–Trinajstić information content (AvgIpc) is 3.17. The van der Waals surface area contributed by atoms with Gasteiger partial charge in [0.2, 0.25) is 0 Å². The highest BCUT2D eigenvalue weighted by Crippen LogP contribution is 2.44. The van der Waals surface area contributed by atoms with Crippen LogP contribution in [0.3, 0.4) is 0 Å². The number of nitrogens with one attached hydrogen (secondary N) is 1. The Morgan fingerprint density at radius 1 is 1.11 bits per heavy atom. The summed E-state index contributed by atoms with van der Waals surface area (Å²) in [5.41, 5.74) is 2.66. The SMILES string of the molecule is Cc1cc(Br)ccc1NC1CCCC(C2CC2)C1. The third-order valence-corrected chi connectivity index (χ3v) is 5.04. The van der Waals surface area contributed by atoms with E-state index in [0.29, 0.717) is 6.04 Å². The Morgan fingerprint density at radius 3 is 2.67 bits per heavy atom. The van der Waals surface area contributed by atoms with Crippen molar-refractivity contribution in [2.24, 2.45) is 11.8 Å². The van der Waals surface area contributed by atoms with Gasteiger partial charge in [0.25, 0.3) is 0 Å². The third-order valence-electron chi connectivity index (χ3n) is 4.55. The molecule has 2 unspecified atom stereocenters. The molecule has 3 rings (SSSR count). The Kier molecular flexibility index (Phi) is 3.65. The lowest BCUT2D eigenvalue weighted by Crippen LogP contribution is -2.28. The zero-order chi connectivity index (χ0) is 12.5. The Morgan fingerprint density at radius 2 is 1.94 bits per heavy atom. The van der Waals surface area contributed by atoms with Gasteiger partial charge in [-0.25, -0.2) is 0 Å². The first kappa shape index (κ1) is 12.5. The summed E-state index contributed by atoms with van der Waals surface area (Å²) in [6.45, 7) is 2.19. The zero-order valence-electron chi connectivity index (χ0n) is 11.1. The van der Waals surface area contributed by atoms with E-state index in [1.165, 1.54) is 54.2 Å². The van der Waals surface area contributed by atoms with Crippen LogP contribution in [0.1, 0.15) is 44.1 Å². The van der Waals surface area contributed by atoms with Crippen LogP contribution in [-0.2, 0) is 0 Å². The van der Waals surface area contributed by atoms with Crippen molar-refractivity contribution in [3.63, 3.8) is 0 Å². The maximum atomic E-state index is 3.77. The van der Waals surface area contributed by atoms with Crippen LogP contribution in [0.25, 0.3) is 0 Å². The van der Waals surface area contributed by atoms with Crippen molar-refractivity contribution in [3.8, 4) is 0 Å². The molecule has 0 spiro atoms. The molecule has 2 saturated carbocycles. The van der Waals surface area contributed by atoms with Gasteiger partial charge in [-0.2, -0.15) is 0 Å². The maximum absolute atomic E-state index is 3.77. The quantitative estimate of drug-likeness (QED) is 0.815. The van der Waals surface area contributed by atoms with Crippen LogP contribution in [0, 0.1) is 18.8 Å².